The molecule has 0 fully saturated rings. The van der Waals surface area contributed by atoms with Crippen molar-refractivity contribution in [1.82, 2.24) is 4.98 Å². The maximum absolute atomic E-state index is 8.66. The summed E-state index contributed by atoms with van der Waals surface area (Å²) in [5.74, 6) is 0. The highest BCUT2D eigenvalue weighted by molar-refractivity contribution is 9.09. The molecule has 1 aromatic rings. The van der Waals surface area contributed by atoms with Crippen molar-refractivity contribution in [3.63, 3.8) is 0 Å². The molecule has 3 heteroatoms. The van der Waals surface area contributed by atoms with Gasteiger partial charge >= 0.3 is 0 Å². The number of halogens is 1. The van der Waals surface area contributed by atoms with E-state index in [2.05, 4.69) is 20.9 Å². The van der Waals surface area contributed by atoms with Crippen LogP contribution >= 0.6 is 15.9 Å². The third kappa shape index (κ3) is 2.18. The van der Waals surface area contributed by atoms with E-state index in [-0.39, 0.29) is 0 Å². The number of hydrogen-bond acceptors (Lipinski definition) is 2. The molecule has 0 N–H and O–H groups in total. The average Bonchev–Trinajstić information content (AvgIpc) is 2.15. The van der Waals surface area contributed by atoms with Gasteiger partial charge in [-0.25, -0.2) is 4.98 Å². The summed E-state index contributed by atoms with van der Waals surface area (Å²) in [6, 6.07) is 5.71. The van der Waals surface area contributed by atoms with Crippen LogP contribution in [0, 0.1) is 11.3 Å². The van der Waals surface area contributed by atoms with E-state index in [9.17, 15) is 0 Å². The van der Waals surface area contributed by atoms with Crippen molar-refractivity contribution >= 4 is 22.0 Å². The lowest BCUT2D eigenvalue weighted by molar-refractivity contribution is 1.25. The van der Waals surface area contributed by atoms with Gasteiger partial charge in [-0.1, -0.05) is 34.1 Å². The molecule has 0 unspecified atom stereocenters. The van der Waals surface area contributed by atoms with Crippen LogP contribution in [-0.2, 0) is 0 Å². The molecule has 0 bridgehead atoms. The van der Waals surface area contributed by atoms with E-state index < -0.39 is 0 Å². The SMILES string of the molecule is N#Cc1ncccc1C=CCBr. The molecule has 0 atom stereocenters. The summed E-state index contributed by atoms with van der Waals surface area (Å²) in [6.07, 6.45) is 5.42. The monoisotopic (exact) mass is 222 g/mol. The van der Waals surface area contributed by atoms with Gasteiger partial charge in [0.1, 0.15) is 11.8 Å². The summed E-state index contributed by atoms with van der Waals surface area (Å²) in [5.41, 5.74) is 1.33. The van der Waals surface area contributed by atoms with Gasteiger partial charge in [-0.3, -0.25) is 0 Å². The number of nitriles is 1. The van der Waals surface area contributed by atoms with E-state index in [1.165, 1.54) is 0 Å². The molecular formula is C9H7BrN2. The van der Waals surface area contributed by atoms with Crippen LogP contribution in [-0.4, -0.2) is 10.3 Å². The van der Waals surface area contributed by atoms with Gasteiger partial charge in [0.15, 0.2) is 0 Å². The van der Waals surface area contributed by atoms with Crippen LogP contribution in [0.15, 0.2) is 24.4 Å². The van der Waals surface area contributed by atoms with Crippen LogP contribution in [0.4, 0.5) is 0 Å². The summed E-state index contributed by atoms with van der Waals surface area (Å²) < 4.78 is 0. The maximum atomic E-state index is 8.66. The van der Waals surface area contributed by atoms with Crippen LogP contribution in [0.1, 0.15) is 11.3 Å². The Labute approximate surface area is 79.7 Å². The van der Waals surface area contributed by atoms with Crippen molar-refractivity contribution < 1.29 is 0 Å². The molecule has 1 heterocycles. The van der Waals surface area contributed by atoms with Crippen molar-refractivity contribution in [3.05, 3.63) is 35.7 Å². The van der Waals surface area contributed by atoms with E-state index in [0.29, 0.717) is 5.69 Å². The Morgan fingerprint density at radius 1 is 1.67 bits per heavy atom. The van der Waals surface area contributed by atoms with Gasteiger partial charge < -0.3 is 0 Å². The van der Waals surface area contributed by atoms with E-state index in [4.69, 9.17) is 5.26 Å². The second-order valence-electron chi connectivity index (χ2n) is 2.11. The molecule has 0 amide bonds. The molecule has 60 valence electrons. The number of nitrogens with zero attached hydrogens (tertiary/aromatic N) is 2. The largest absolute Gasteiger partial charge is 0.245 e. The minimum Gasteiger partial charge on any atom is -0.245 e. The molecule has 0 aliphatic heterocycles. The summed E-state index contributed by atoms with van der Waals surface area (Å²) in [7, 11) is 0. The topological polar surface area (TPSA) is 36.7 Å². The standard InChI is InChI=1S/C9H7BrN2/c10-5-1-3-8-4-2-6-12-9(8)7-11/h1-4,6H,5H2. The van der Waals surface area contributed by atoms with Gasteiger partial charge in [0.05, 0.1) is 0 Å². The number of alkyl halides is 1. The summed E-state index contributed by atoms with van der Waals surface area (Å²) in [5, 5.41) is 9.44. The first-order valence-electron chi connectivity index (χ1n) is 3.46. The molecule has 1 rings (SSSR count). The lowest BCUT2D eigenvalue weighted by Crippen LogP contribution is -1.85. The molecule has 12 heavy (non-hydrogen) atoms. The summed E-state index contributed by atoms with van der Waals surface area (Å²) >= 11 is 3.26. The highest BCUT2D eigenvalue weighted by Crippen LogP contribution is 2.06. The number of allylic oxidation sites excluding steroid dienone is 1. The molecule has 0 aliphatic rings. The van der Waals surface area contributed by atoms with Crippen LogP contribution in [0.3, 0.4) is 0 Å². The van der Waals surface area contributed by atoms with Gasteiger partial charge in [-0.05, 0) is 6.07 Å². The van der Waals surface area contributed by atoms with Crippen LogP contribution < -0.4 is 0 Å². The van der Waals surface area contributed by atoms with E-state index >= 15 is 0 Å². The third-order valence-corrected chi connectivity index (χ3v) is 1.71. The maximum Gasteiger partial charge on any atom is 0.147 e. The fourth-order valence-corrected chi connectivity index (χ4v) is 1.00. The first-order chi connectivity index (χ1) is 5.88. The van der Waals surface area contributed by atoms with Crippen LogP contribution in [0.5, 0.6) is 0 Å². The van der Waals surface area contributed by atoms with Crippen molar-refractivity contribution in [2.45, 2.75) is 0 Å². The smallest absolute Gasteiger partial charge is 0.147 e. The predicted molar refractivity (Wildman–Crippen MR) is 51.8 cm³/mol. The van der Waals surface area contributed by atoms with Crippen molar-refractivity contribution in [2.75, 3.05) is 5.33 Å². The highest BCUT2D eigenvalue weighted by atomic mass is 79.9. The van der Waals surface area contributed by atoms with Gasteiger partial charge in [-0.2, -0.15) is 5.26 Å². The third-order valence-electron chi connectivity index (χ3n) is 1.33. The van der Waals surface area contributed by atoms with Gasteiger partial charge in [0, 0.05) is 17.1 Å². The normalized spacial score (nSPS) is 10.0. The summed E-state index contributed by atoms with van der Waals surface area (Å²) in [6.45, 7) is 0. The zero-order chi connectivity index (χ0) is 8.81. The van der Waals surface area contributed by atoms with Crippen LogP contribution in [0.2, 0.25) is 0 Å². The van der Waals surface area contributed by atoms with E-state index in [1.54, 1.807) is 6.20 Å². The molecule has 2 nitrogen and oxygen atoms in total. The van der Waals surface area contributed by atoms with Gasteiger partial charge in [-0.15, -0.1) is 0 Å². The van der Waals surface area contributed by atoms with Crippen molar-refractivity contribution in [2.24, 2.45) is 0 Å². The highest BCUT2D eigenvalue weighted by Gasteiger charge is 1.95. The molecule has 0 radical (unpaired) electrons. The predicted octanol–water partition coefficient (Wildman–Crippen LogP) is 2.36. The van der Waals surface area contributed by atoms with Gasteiger partial charge in [0.25, 0.3) is 0 Å². The van der Waals surface area contributed by atoms with Gasteiger partial charge in [0.2, 0.25) is 0 Å². The minimum atomic E-state index is 0.467. The number of pyridine rings is 1. The fourth-order valence-electron chi connectivity index (χ4n) is 0.817. The lowest BCUT2D eigenvalue weighted by atomic mass is 10.2. The number of rotatable bonds is 2. The first-order valence-corrected chi connectivity index (χ1v) is 4.58. The molecule has 0 aliphatic carbocycles. The molecule has 0 aromatic carbocycles. The number of hydrogen-bond donors (Lipinski definition) is 0. The zero-order valence-electron chi connectivity index (χ0n) is 6.37. The molecule has 1 aromatic heterocycles. The quantitative estimate of drug-likeness (QED) is 0.721. The Morgan fingerprint density at radius 2 is 2.50 bits per heavy atom. The Hall–Kier alpha value is -1.14. The minimum absolute atomic E-state index is 0.467. The average molecular weight is 223 g/mol. The zero-order valence-corrected chi connectivity index (χ0v) is 7.95. The Balaban J connectivity index is 2.99. The lowest BCUT2D eigenvalue weighted by Gasteiger charge is -1.93. The fraction of sp³-hybridized carbons (Fsp3) is 0.111. The second kappa shape index (κ2) is 4.68. The Kier molecular flexibility index (Phi) is 3.49. The number of aromatic nitrogens is 1. The first kappa shape index (κ1) is 8.95. The second-order valence-corrected chi connectivity index (χ2v) is 2.76. The van der Waals surface area contributed by atoms with Crippen molar-refractivity contribution in [3.8, 4) is 6.07 Å². The summed E-state index contributed by atoms with van der Waals surface area (Å²) in [4.78, 5) is 3.92. The van der Waals surface area contributed by atoms with Crippen molar-refractivity contribution in [1.29, 1.82) is 5.26 Å². The molecule has 0 saturated heterocycles. The Morgan fingerprint density at radius 3 is 3.17 bits per heavy atom. The molecule has 0 spiro atoms. The Bertz CT molecular complexity index is 326. The van der Waals surface area contributed by atoms with E-state index in [1.807, 2.05) is 30.4 Å². The van der Waals surface area contributed by atoms with Crippen LogP contribution in [0.25, 0.3) is 6.08 Å². The molecule has 0 saturated carbocycles. The molecular weight excluding hydrogens is 216 g/mol. The van der Waals surface area contributed by atoms with E-state index in [0.717, 1.165) is 10.9 Å².